The fourth-order valence-electron chi connectivity index (χ4n) is 2.74. The number of fused-ring (bicyclic) bond motifs is 3. The van der Waals surface area contributed by atoms with Gasteiger partial charge in [0.25, 0.3) is 0 Å². The number of phenolic OH excluding ortho intramolecular Hbond substituents is 1. The molecule has 0 atom stereocenters. The van der Waals surface area contributed by atoms with E-state index in [0.717, 1.165) is 4.68 Å². The monoisotopic (exact) mass is 350 g/mol. The predicted molar refractivity (Wildman–Crippen MR) is 98.3 cm³/mol. The first kappa shape index (κ1) is 15.7. The highest BCUT2D eigenvalue weighted by atomic mass is 16.5. The van der Waals surface area contributed by atoms with E-state index in [1.807, 2.05) is 0 Å². The van der Waals surface area contributed by atoms with Gasteiger partial charge in [0.05, 0.1) is 24.4 Å². The standard InChI is InChI=1S/C18H14N4O4/c1-26-12-6-7-13-14(8-12)20-16-15(13)21-18(25)22(17(16)24)19-9-10-2-4-11(23)5-3-10/h2-9,20,23H,1H3,(H,21,25). The highest BCUT2D eigenvalue weighted by molar-refractivity contribution is 6.04. The number of phenols is 1. The number of nitrogens with one attached hydrogen (secondary N) is 2. The molecule has 0 aliphatic heterocycles. The zero-order chi connectivity index (χ0) is 18.3. The molecule has 0 radical (unpaired) electrons. The van der Waals surface area contributed by atoms with E-state index in [4.69, 9.17) is 4.74 Å². The number of aromatic nitrogens is 3. The van der Waals surface area contributed by atoms with Crippen molar-refractivity contribution in [3.8, 4) is 11.5 Å². The third-order valence-corrected chi connectivity index (χ3v) is 4.05. The van der Waals surface area contributed by atoms with Crippen molar-refractivity contribution in [2.75, 3.05) is 7.11 Å². The van der Waals surface area contributed by atoms with Crippen LogP contribution in [0.2, 0.25) is 0 Å². The lowest BCUT2D eigenvalue weighted by Gasteiger charge is -1.99. The van der Waals surface area contributed by atoms with Gasteiger partial charge in [-0.15, -0.1) is 4.68 Å². The van der Waals surface area contributed by atoms with Crippen molar-refractivity contribution in [3.63, 3.8) is 0 Å². The summed E-state index contributed by atoms with van der Waals surface area (Å²) < 4.78 is 5.93. The van der Waals surface area contributed by atoms with Gasteiger partial charge in [0.2, 0.25) is 0 Å². The molecule has 8 nitrogen and oxygen atoms in total. The molecule has 0 saturated heterocycles. The van der Waals surface area contributed by atoms with Crippen LogP contribution in [0.3, 0.4) is 0 Å². The first-order valence-corrected chi connectivity index (χ1v) is 7.75. The third kappa shape index (κ3) is 2.53. The van der Waals surface area contributed by atoms with Crippen molar-refractivity contribution < 1.29 is 9.84 Å². The summed E-state index contributed by atoms with van der Waals surface area (Å²) in [7, 11) is 1.55. The highest BCUT2D eigenvalue weighted by Crippen LogP contribution is 2.24. The lowest BCUT2D eigenvalue weighted by molar-refractivity contribution is 0.415. The molecule has 4 aromatic rings. The van der Waals surface area contributed by atoms with Crippen LogP contribution in [0.5, 0.6) is 11.5 Å². The Morgan fingerprint density at radius 2 is 1.85 bits per heavy atom. The molecule has 0 spiro atoms. The van der Waals surface area contributed by atoms with Crippen molar-refractivity contribution in [2.24, 2.45) is 5.10 Å². The predicted octanol–water partition coefficient (Wildman–Crippen LogP) is 1.77. The average molecular weight is 350 g/mol. The minimum atomic E-state index is -0.644. The second-order valence-electron chi connectivity index (χ2n) is 5.67. The number of aromatic hydroxyl groups is 1. The molecule has 4 rings (SSSR count). The quantitative estimate of drug-likeness (QED) is 0.489. The molecule has 3 N–H and O–H groups in total. The number of hydrogen-bond acceptors (Lipinski definition) is 5. The minimum absolute atomic E-state index is 0.118. The smallest absolute Gasteiger partial charge is 0.350 e. The fourth-order valence-corrected chi connectivity index (χ4v) is 2.74. The highest BCUT2D eigenvalue weighted by Gasteiger charge is 2.13. The Bertz CT molecular complexity index is 1260. The van der Waals surface area contributed by atoms with Gasteiger partial charge in [0.15, 0.2) is 0 Å². The summed E-state index contributed by atoms with van der Waals surface area (Å²) in [5, 5.41) is 14.0. The van der Waals surface area contributed by atoms with Crippen LogP contribution in [0.25, 0.3) is 21.9 Å². The number of rotatable bonds is 3. The van der Waals surface area contributed by atoms with Crippen molar-refractivity contribution in [3.05, 3.63) is 68.9 Å². The van der Waals surface area contributed by atoms with Gasteiger partial charge in [0, 0.05) is 11.5 Å². The van der Waals surface area contributed by atoms with E-state index >= 15 is 0 Å². The zero-order valence-electron chi connectivity index (χ0n) is 13.7. The number of benzene rings is 2. The van der Waals surface area contributed by atoms with Crippen molar-refractivity contribution in [1.82, 2.24) is 14.6 Å². The lowest BCUT2D eigenvalue weighted by Crippen LogP contribution is -2.32. The maximum absolute atomic E-state index is 12.7. The maximum Gasteiger partial charge on any atom is 0.350 e. The summed E-state index contributed by atoms with van der Waals surface area (Å²) in [6.45, 7) is 0. The molecule has 0 fully saturated rings. The summed E-state index contributed by atoms with van der Waals surface area (Å²) in [5.41, 5.74) is 0.774. The molecular formula is C18H14N4O4. The SMILES string of the molecule is COc1ccc2c(c1)[nH]c1c(=O)n(N=Cc3ccc(O)cc3)c(=O)[nH]c12. The van der Waals surface area contributed by atoms with E-state index in [2.05, 4.69) is 15.1 Å². The third-order valence-electron chi connectivity index (χ3n) is 4.05. The molecule has 0 saturated carbocycles. The molecule has 0 unspecified atom stereocenters. The van der Waals surface area contributed by atoms with E-state index in [9.17, 15) is 14.7 Å². The number of methoxy groups -OCH3 is 1. The van der Waals surface area contributed by atoms with Gasteiger partial charge in [-0.1, -0.05) is 0 Å². The Morgan fingerprint density at radius 3 is 2.58 bits per heavy atom. The summed E-state index contributed by atoms with van der Waals surface area (Å²) in [4.78, 5) is 30.7. The van der Waals surface area contributed by atoms with Gasteiger partial charge in [-0.2, -0.15) is 5.10 Å². The van der Waals surface area contributed by atoms with E-state index < -0.39 is 11.2 Å². The van der Waals surface area contributed by atoms with Crippen LogP contribution >= 0.6 is 0 Å². The Kier molecular flexibility index (Phi) is 3.58. The van der Waals surface area contributed by atoms with E-state index in [-0.39, 0.29) is 11.3 Å². The van der Waals surface area contributed by atoms with Crippen LogP contribution < -0.4 is 16.0 Å². The van der Waals surface area contributed by atoms with Crippen molar-refractivity contribution >= 4 is 28.2 Å². The molecule has 26 heavy (non-hydrogen) atoms. The van der Waals surface area contributed by atoms with Gasteiger partial charge < -0.3 is 19.8 Å². The number of aromatic amines is 2. The molecule has 0 aliphatic carbocycles. The van der Waals surface area contributed by atoms with Gasteiger partial charge in [-0.25, -0.2) is 4.79 Å². The summed E-state index contributed by atoms with van der Waals surface area (Å²) in [6, 6.07) is 11.5. The first-order valence-electron chi connectivity index (χ1n) is 7.75. The molecule has 8 heteroatoms. The lowest BCUT2D eigenvalue weighted by atomic mass is 10.2. The normalized spacial score (nSPS) is 11.6. The van der Waals surface area contributed by atoms with Crippen LogP contribution in [0.4, 0.5) is 0 Å². The van der Waals surface area contributed by atoms with Crippen LogP contribution in [-0.2, 0) is 0 Å². The first-order chi connectivity index (χ1) is 12.6. The van der Waals surface area contributed by atoms with Gasteiger partial charge in [-0.3, -0.25) is 4.79 Å². The topological polar surface area (TPSA) is 112 Å². The van der Waals surface area contributed by atoms with E-state index in [0.29, 0.717) is 27.7 Å². The Balaban J connectivity index is 1.88. The van der Waals surface area contributed by atoms with E-state index in [1.165, 1.54) is 18.3 Å². The maximum atomic E-state index is 12.7. The molecule has 130 valence electrons. The van der Waals surface area contributed by atoms with Gasteiger partial charge >= 0.3 is 11.2 Å². The molecular weight excluding hydrogens is 336 g/mol. The Morgan fingerprint density at radius 1 is 1.08 bits per heavy atom. The molecule has 0 aliphatic rings. The number of nitrogens with zero attached hydrogens (tertiary/aromatic N) is 2. The van der Waals surface area contributed by atoms with Crippen LogP contribution in [-0.4, -0.2) is 33.1 Å². The van der Waals surface area contributed by atoms with Gasteiger partial charge in [0.1, 0.15) is 17.0 Å². The molecule has 2 aromatic carbocycles. The van der Waals surface area contributed by atoms with Crippen molar-refractivity contribution in [2.45, 2.75) is 0 Å². The molecule has 2 aromatic heterocycles. The second kappa shape index (κ2) is 5.92. The summed E-state index contributed by atoms with van der Waals surface area (Å²) in [6.07, 6.45) is 1.37. The molecule has 0 bridgehead atoms. The van der Waals surface area contributed by atoms with Crippen LogP contribution in [0.1, 0.15) is 5.56 Å². The Labute approximate surface area is 146 Å². The summed E-state index contributed by atoms with van der Waals surface area (Å²) in [5.74, 6) is 0.754. The summed E-state index contributed by atoms with van der Waals surface area (Å²) >= 11 is 0. The Hall–Kier alpha value is -3.81. The number of H-pyrrole nitrogens is 2. The van der Waals surface area contributed by atoms with Crippen LogP contribution in [0.15, 0.2) is 57.2 Å². The second-order valence-corrected chi connectivity index (χ2v) is 5.67. The number of hydrogen-bond donors (Lipinski definition) is 3. The minimum Gasteiger partial charge on any atom is -0.508 e. The van der Waals surface area contributed by atoms with E-state index in [1.54, 1.807) is 37.4 Å². The molecule has 0 amide bonds. The number of ether oxygens (including phenoxy) is 1. The zero-order valence-corrected chi connectivity index (χ0v) is 13.7. The van der Waals surface area contributed by atoms with Gasteiger partial charge in [-0.05, 0) is 42.0 Å². The van der Waals surface area contributed by atoms with Crippen LogP contribution in [0, 0.1) is 0 Å². The largest absolute Gasteiger partial charge is 0.508 e. The molecule has 2 heterocycles. The fraction of sp³-hybridized carbons (Fsp3) is 0.0556. The average Bonchev–Trinajstić information content (AvgIpc) is 3.01. The van der Waals surface area contributed by atoms with Crippen molar-refractivity contribution in [1.29, 1.82) is 0 Å².